The largest absolute Gasteiger partial charge is 0.496 e. The Morgan fingerprint density at radius 3 is 2.29 bits per heavy atom. The van der Waals surface area contributed by atoms with Crippen LogP contribution in [0, 0.1) is 6.92 Å². The maximum atomic E-state index is 6.10. The number of ether oxygens (including phenoxy) is 2. The first-order chi connectivity index (χ1) is 8.01. The first-order valence-electron chi connectivity index (χ1n) is 5.94. The highest BCUT2D eigenvalue weighted by molar-refractivity contribution is 5.45. The molecule has 0 aliphatic rings. The molecule has 0 bridgehead atoms. The van der Waals surface area contributed by atoms with Crippen LogP contribution >= 0.6 is 0 Å². The van der Waals surface area contributed by atoms with Crippen molar-refractivity contribution in [1.82, 2.24) is 0 Å². The van der Waals surface area contributed by atoms with Crippen molar-refractivity contribution in [2.24, 2.45) is 5.73 Å². The van der Waals surface area contributed by atoms with Crippen LogP contribution in [0.2, 0.25) is 0 Å². The van der Waals surface area contributed by atoms with Crippen molar-refractivity contribution < 1.29 is 9.47 Å². The Kier molecular flexibility index (Phi) is 4.97. The van der Waals surface area contributed by atoms with Crippen LogP contribution < -0.4 is 10.5 Å². The molecule has 0 heterocycles. The second kappa shape index (κ2) is 6.03. The molecule has 0 aromatic heterocycles. The van der Waals surface area contributed by atoms with E-state index in [9.17, 15) is 0 Å². The molecule has 0 saturated carbocycles. The Labute approximate surface area is 104 Å². The van der Waals surface area contributed by atoms with Crippen LogP contribution in [0.15, 0.2) is 12.1 Å². The number of benzene rings is 1. The monoisotopic (exact) mass is 237 g/mol. The molecule has 0 amide bonds. The number of hydrogen-bond donors (Lipinski definition) is 1. The fourth-order valence-corrected chi connectivity index (χ4v) is 2.01. The van der Waals surface area contributed by atoms with Crippen LogP contribution in [0.3, 0.4) is 0 Å². The molecule has 17 heavy (non-hydrogen) atoms. The zero-order chi connectivity index (χ0) is 13.0. The van der Waals surface area contributed by atoms with E-state index in [1.54, 1.807) is 14.2 Å². The molecule has 1 aromatic rings. The van der Waals surface area contributed by atoms with Crippen LogP contribution in [-0.4, -0.2) is 20.8 Å². The average molecular weight is 237 g/mol. The number of hydrogen-bond acceptors (Lipinski definition) is 3. The van der Waals surface area contributed by atoms with Crippen molar-refractivity contribution >= 4 is 0 Å². The lowest BCUT2D eigenvalue weighted by molar-refractivity contribution is 0.180. The third-order valence-corrected chi connectivity index (χ3v) is 2.99. The van der Waals surface area contributed by atoms with E-state index < -0.39 is 0 Å². The normalized spacial score (nSPS) is 12.9. The number of aryl methyl sites for hydroxylation is 1. The van der Waals surface area contributed by atoms with E-state index in [0.29, 0.717) is 12.5 Å². The first kappa shape index (κ1) is 14.0. The van der Waals surface area contributed by atoms with Gasteiger partial charge in [0.15, 0.2) is 0 Å². The summed E-state index contributed by atoms with van der Waals surface area (Å²) in [5, 5.41) is 0. The SMILES string of the molecule is COCC(N)c1cc(C(C)C)c(OC)cc1C. The molecule has 0 spiro atoms. The zero-order valence-corrected chi connectivity index (χ0v) is 11.4. The highest BCUT2D eigenvalue weighted by Gasteiger charge is 2.15. The van der Waals surface area contributed by atoms with Crippen molar-refractivity contribution in [3.8, 4) is 5.75 Å². The van der Waals surface area contributed by atoms with Gasteiger partial charge in [0.2, 0.25) is 0 Å². The molecule has 96 valence electrons. The van der Waals surface area contributed by atoms with Crippen LogP contribution in [0.5, 0.6) is 5.75 Å². The van der Waals surface area contributed by atoms with Crippen molar-refractivity contribution in [2.75, 3.05) is 20.8 Å². The highest BCUT2D eigenvalue weighted by Crippen LogP contribution is 2.31. The summed E-state index contributed by atoms with van der Waals surface area (Å²) in [6, 6.07) is 4.12. The molecule has 0 fully saturated rings. The molecule has 1 atom stereocenters. The Morgan fingerprint density at radius 1 is 1.18 bits per heavy atom. The molecule has 0 aliphatic carbocycles. The molecule has 1 rings (SSSR count). The Hall–Kier alpha value is -1.06. The van der Waals surface area contributed by atoms with E-state index in [1.165, 1.54) is 5.56 Å². The van der Waals surface area contributed by atoms with Gasteiger partial charge in [0.05, 0.1) is 19.8 Å². The van der Waals surface area contributed by atoms with Gasteiger partial charge >= 0.3 is 0 Å². The average Bonchev–Trinajstić information content (AvgIpc) is 2.28. The van der Waals surface area contributed by atoms with Gasteiger partial charge in [0, 0.05) is 7.11 Å². The fourth-order valence-electron chi connectivity index (χ4n) is 2.01. The number of rotatable bonds is 5. The predicted molar refractivity (Wildman–Crippen MR) is 70.6 cm³/mol. The molecule has 0 radical (unpaired) electrons. The second-order valence-electron chi connectivity index (χ2n) is 4.67. The van der Waals surface area contributed by atoms with E-state index >= 15 is 0 Å². The van der Waals surface area contributed by atoms with Crippen molar-refractivity contribution in [1.29, 1.82) is 0 Å². The molecule has 0 saturated heterocycles. The summed E-state index contributed by atoms with van der Waals surface area (Å²) in [4.78, 5) is 0. The summed E-state index contributed by atoms with van der Waals surface area (Å²) in [6.07, 6.45) is 0. The lowest BCUT2D eigenvalue weighted by atomic mass is 9.93. The molecular formula is C14H23NO2. The Bertz CT molecular complexity index is 375. The maximum absolute atomic E-state index is 6.10. The van der Waals surface area contributed by atoms with Gasteiger partial charge in [-0.05, 0) is 41.7 Å². The van der Waals surface area contributed by atoms with Crippen molar-refractivity contribution in [3.05, 3.63) is 28.8 Å². The zero-order valence-electron chi connectivity index (χ0n) is 11.4. The summed E-state index contributed by atoms with van der Waals surface area (Å²) in [5.74, 6) is 1.35. The molecule has 1 unspecified atom stereocenters. The summed E-state index contributed by atoms with van der Waals surface area (Å²) in [6.45, 7) is 6.89. The smallest absolute Gasteiger partial charge is 0.122 e. The summed E-state index contributed by atoms with van der Waals surface area (Å²) >= 11 is 0. The van der Waals surface area contributed by atoms with E-state index in [0.717, 1.165) is 16.9 Å². The van der Waals surface area contributed by atoms with Gasteiger partial charge < -0.3 is 15.2 Å². The van der Waals surface area contributed by atoms with Gasteiger partial charge in [-0.1, -0.05) is 13.8 Å². The minimum Gasteiger partial charge on any atom is -0.496 e. The standard InChI is InChI=1S/C14H23NO2/c1-9(2)11-7-12(13(15)8-16-4)10(3)6-14(11)17-5/h6-7,9,13H,8,15H2,1-5H3. The summed E-state index contributed by atoms with van der Waals surface area (Å²) in [7, 11) is 3.37. The van der Waals surface area contributed by atoms with Crippen LogP contribution in [0.4, 0.5) is 0 Å². The van der Waals surface area contributed by atoms with E-state index in [-0.39, 0.29) is 6.04 Å². The summed E-state index contributed by atoms with van der Waals surface area (Å²) < 4.78 is 10.5. The molecule has 3 heteroatoms. The fraction of sp³-hybridized carbons (Fsp3) is 0.571. The summed E-state index contributed by atoms with van der Waals surface area (Å²) in [5.41, 5.74) is 9.58. The minimum atomic E-state index is -0.0802. The van der Waals surface area contributed by atoms with Crippen molar-refractivity contribution in [2.45, 2.75) is 32.7 Å². The van der Waals surface area contributed by atoms with Gasteiger partial charge in [-0.2, -0.15) is 0 Å². The molecular weight excluding hydrogens is 214 g/mol. The van der Waals surface area contributed by atoms with Crippen LogP contribution in [0.1, 0.15) is 42.5 Å². The third kappa shape index (κ3) is 3.20. The quantitative estimate of drug-likeness (QED) is 0.856. The molecule has 3 nitrogen and oxygen atoms in total. The van der Waals surface area contributed by atoms with E-state index in [1.807, 2.05) is 0 Å². The Balaban J connectivity index is 3.19. The van der Waals surface area contributed by atoms with Gasteiger partial charge in [-0.15, -0.1) is 0 Å². The number of nitrogens with two attached hydrogens (primary N) is 1. The highest BCUT2D eigenvalue weighted by atomic mass is 16.5. The topological polar surface area (TPSA) is 44.5 Å². The van der Waals surface area contributed by atoms with Gasteiger partial charge in [-0.3, -0.25) is 0 Å². The van der Waals surface area contributed by atoms with Gasteiger partial charge in [0.25, 0.3) is 0 Å². The van der Waals surface area contributed by atoms with Crippen LogP contribution in [0.25, 0.3) is 0 Å². The van der Waals surface area contributed by atoms with Gasteiger partial charge in [-0.25, -0.2) is 0 Å². The van der Waals surface area contributed by atoms with Crippen molar-refractivity contribution in [3.63, 3.8) is 0 Å². The lowest BCUT2D eigenvalue weighted by Crippen LogP contribution is -2.18. The van der Waals surface area contributed by atoms with Crippen LogP contribution in [-0.2, 0) is 4.74 Å². The maximum Gasteiger partial charge on any atom is 0.122 e. The minimum absolute atomic E-state index is 0.0802. The van der Waals surface area contributed by atoms with E-state index in [2.05, 4.69) is 32.9 Å². The third-order valence-electron chi connectivity index (χ3n) is 2.99. The number of methoxy groups -OCH3 is 2. The van der Waals surface area contributed by atoms with Gasteiger partial charge in [0.1, 0.15) is 5.75 Å². The first-order valence-corrected chi connectivity index (χ1v) is 5.94. The lowest BCUT2D eigenvalue weighted by Gasteiger charge is -2.19. The second-order valence-corrected chi connectivity index (χ2v) is 4.67. The van der Waals surface area contributed by atoms with E-state index in [4.69, 9.17) is 15.2 Å². The molecule has 1 aromatic carbocycles. The predicted octanol–water partition coefficient (Wildman–Crippen LogP) is 2.77. The Morgan fingerprint density at radius 2 is 1.82 bits per heavy atom. The molecule has 2 N–H and O–H groups in total. The molecule has 0 aliphatic heterocycles.